The highest BCUT2D eigenvalue weighted by atomic mass is 35.5. The molecule has 0 aliphatic carbocycles. The van der Waals surface area contributed by atoms with Gasteiger partial charge < -0.3 is 5.73 Å². The van der Waals surface area contributed by atoms with Crippen molar-refractivity contribution in [2.75, 3.05) is 5.73 Å². The van der Waals surface area contributed by atoms with E-state index in [0.717, 1.165) is 5.56 Å². The summed E-state index contributed by atoms with van der Waals surface area (Å²) in [5.41, 5.74) is 6.91. The summed E-state index contributed by atoms with van der Waals surface area (Å²) < 4.78 is 0. The van der Waals surface area contributed by atoms with Gasteiger partial charge in [-0.05, 0) is 30.5 Å². The summed E-state index contributed by atoms with van der Waals surface area (Å²) in [6.45, 7) is 0. The Morgan fingerprint density at radius 2 is 1.94 bits per heavy atom. The van der Waals surface area contributed by atoms with E-state index < -0.39 is 0 Å². The van der Waals surface area contributed by atoms with Crippen LogP contribution in [0.15, 0.2) is 29.1 Å². The molecular formula is C12H11Cl2N3O. The van der Waals surface area contributed by atoms with Crippen molar-refractivity contribution in [3.63, 3.8) is 0 Å². The van der Waals surface area contributed by atoms with E-state index in [2.05, 4.69) is 9.97 Å². The lowest BCUT2D eigenvalue weighted by Gasteiger charge is -2.03. The molecule has 0 saturated heterocycles. The van der Waals surface area contributed by atoms with E-state index in [0.29, 0.717) is 28.6 Å². The number of aryl methyl sites for hydroxylation is 2. The highest BCUT2D eigenvalue weighted by Gasteiger charge is 2.02. The van der Waals surface area contributed by atoms with Crippen molar-refractivity contribution in [2.45, 2.75) is 12.8 Å². The SMILES string of the molecule is Nc1nc(CCc2ccc(Cl)c(Cl)c2)cc(=O)[nH]1. The van der Waals surface area contributed by atoms with Gasteiger partial charge in [-0.3, -0.25) is 9.78 Å². The number of anilines is 1. The normalized spacial score (nSPS) is 10.6. The quantitative estimate of drug-likeness (QED) is 0.909. The van der Waals surface area contributed by atoms with Gasteiger partial charge in [-0.1, -0.05) is 29.3 Å². The third kappa shape index (κ3) is 3.24. The van der Waals surface area contributed by atoms with E-state index in [4.69, 9.17) is 28.9 Å². The number of aromatic amines is 1. The minimum absolute atomic E-state index is 0.131. The summed E-state index contributed by atoms with van der Waals surface area (Å²) in [6.07, 6.45) is 1.33. The Morgan fingerprint density at radius 3 is 2.61 bits per heavy atom. The van der Waals surface area contributed by atoms with E-state index in [-0.39, 0.29) is 11.5 Å². The molecule has 0 amide bonds. The van der Waals surface area contributed by atoms with Crippen LogP contribution in [0.25, 0.3) is 0 Å². The molecule has 0 fully saturated rings. The van der Waals surface area contributed by atoms with Crippen LogP contribution in [0.3, 0.4) is 0 Å². The minimum Gasteiger partial charge on any atom is -0.369 e. The molecule has 1 aromatic carbocycles. The molecule has 0 saturated carbocycles. The Bertz CT molecular complexity index is 625. The predicted octanol–water partition coefficient (Wildman–Crippen LogP) is 2.44. The minimum atomic E-state index is -0.244. The van der Waals surface area contributed by atoms with Crippen molar-refractivity contribution in [2.24, 2.45) is 0 Å². The van der Waals surface area contributed by atoms with Gasteiger partial charge in [-0.15, -0.1) is 0 Å². The maximum absolute atomic E-state index is 11.2. The molecule has 1 heterocycles. The van der Waals surface area contributed by atoms with Crippen molar-refractivity contribution in [3.05, 3.63) is 55.9 Å². The second kappa shape index (κ2) is 5.42. The molecule has 18 heavy (non-hydrogen) atoms. The zero-order chi connectivity index (χ0) is 13.1. The van der Waals surface area contributed by atoms with Crippen molar-refractivity contribution in [1.82, 2.24) is 9.97 Å². The third-order valence-electron chi connectivity index (χ3n) is 2.47. The summed E-state index contributed by atoms with van der Waals surface area (Å²) in [4.78, 5) is 17.7. The first kappa shape index (κ1) is 12.9. The molecule has 0 bridgehead atoms. The van der Waals surface area contributed by atoms with Gasteiger partial charge in [0.25, 0.3) is 5.56 Å². The van der Waals surface area contributed by atoms with Crippen molar-refractivity contribution < 1.29 is 0 Å². The lowest BCUT2D eigenvalue weighted by Crippen LogP contribution is -2.12. The number of nitrogens with two attached hydrogens (primary N) is 1. The van der Waals surface area contributed by atoms with Gasteiger partial charge >= 0.3 is 0 Å². The van der Waals surface area contributed by atoms with Crippen LogP contribution in [-0.2, 0) is 12.8 Å². The summed E-state index contributed by atoms with van der Waals surface area (Å²) >= 11 is 11.8. The fourth-order valence-electron chi connectivity index (χ4n) is 1.62. The Hall–Kier alpha value is -1.52. The van der Waals surface area contributed by atoms with E-state index in [1.54, 1.807) is 12.1 Å². The molecule has 4 nitrogen and oxygen atoms in total. The van der Waals surface area contributed by atoms with Gasteiger partial charge in [0.2, 0.25) is 5.95 Å². The van der Waals surface area contributed by atoms with E-state index in [1.807, 2.05) is 6.07 Å². The average Bonchev–Trinajstić information content (AvgIpc) is 2.29. The standard InChI is InChI=1S/C12H11Cl2N3O/c13-9-4-2-7(5-10(9)14)1-3-8-6-11(18)17-12(15)16-8/h2,4-6H,1,3H2,(H3,15,16,17,18). The fourth-order valence-corrected chi connectivity index (χ4v) is 1.94. The first-order chi connectivity index (χ1) is 8.54. The van der Waals surface area contributed by atoms with Gasteiger partial charge in [0.05, 0.1) is 15.7 Å². The number of nitrogen functional groups attached to an aromatic ring is 1. The lowest BCUT2D eigenvalue weighted by molar-refractivity contribution is 0.898. The molecule has 1 aromatic heterocycles. The number of H-pyrrole nitrogens is 1. The van der Waals surface area contributed by atoms with Crippen LogP contribution < -0.4 is 11.3 Å². The van der Waals surface area contributed by atoms with E-state index in [9.17, 15) is 4.79 Å². The van der Waals surface area contributed by atoms with Gasteiger partial charge in [-0.2, -0.15) is 0 Å². The number of rotatable bonds is 3. The maximum atomic E-state index is 11.2. The molecular weight excluding hydrogens is 273 g/mol. The van der Waals surface area contributed by atoms with Crippen molar-refractivity contribution in [1.29, 1.82) is 0 Å². The average molecular weight is 284 g/mol. The second-order valence-electron chi connectivity index (χ2n) is 3.87. The highest BCUT2D eigenvalue weighted by Crippen LogP contribution is 2.23. The molecule has 0 atom stereocenters. The molecule has 0 unspecified atom stereocenters. The molecule has 6 heteroatoms. The smallest absolute Gasteiger partial charge is 0.252 e. The summed E-state index contributed by atoms with van der Waals surface area (Å²) in [6, 6.07) is 6.89. The van der Waals surface area contributed by atoms with Crippen LogP contribution in [0.1, 0.15) is 11.3 Å². The Morgan fingerprint density at radius 1 is 1.17 bits per heavy atom. The molecule has 0 spiro atoms. The lowest BCUT2D eigenvalue weighted by atomic mass is 10.1. The zero-order valence-electron chi connectivity index (χ0n) is 9.41. The second-order valence-corrected chi connectivity index (χ2v) is 4.68. The van der Waals surface area contributed by atoms with Crippen LogP contribution in [0.5, 0.6) is 0 Å². The monoisotopic (exact) mass is 283 g/mol. The number of nitrogens with zero attached hydrogens (tertiary/aromatic N) is 1. The Labute approximate surface area is 114 Å². The first-order valence-corrected chi connectivity index (χ1v) is 6.10. The number of benzene rings is 1. The molecule has 0 aliphatic rings. The zero-order valence-corrected chi connectivity index (χ0v) is 10.9. The molecule has 2 rings (SSSR count). The van der Waals surface area contributed by atoms with Crippen LogP contribution in [-0.4, -0.2) is 9.97 Å². The predicted molar refractivity (Wildman–Crippen MR) is 73.1 cm³/mol. The highest BCUT2D eigenvalue weighted by molar-refractivity contribution is 6.42. The fraction of sp³-hybridized carbons (Fsp3) is 0.167. The maximum Gasteiger partial charge on any atom is 0.252 e. The number of halogens is 2. The topological polar surface area (TPSA) is 71.8 Å². The third-order valence-corrected chi connectivity index (χ3v) is 3.21. The van der Waals surface area contributed by atoms with Gasteiger partial charge in [0.1, 0.15) is 0 Å². The van der Waals surface area contributed by atoms with E-state index >= 15 is 0 Å². The number of aromatic nitrogens is 2. The Kier molecular flexibility index (Phi) is 3.89. The van der Waals surface area contributed by atoms with Gasteiger partial charge in [0.15, 0.2) is 0 Å². The molecule has 0 radical (unpaired) electrons. The van der Waals surface area contributed by atoms with Crippen LogP contribution >= 0.6 is 23.2 Å². The van der Waals surface area contributed by atoms with Crippen molar-refractivity contribution in [3.8, 4) is 0 Å². The first-order valence-electron chi connectivity index (χ1n) is 5.34. The largest absolute Gasteiger partial charge is 0.369 e. The van der Waals surface area contributed by atoms with Crippen LogP contribution in [0, 0.1) is 0 Å². The van der Waals surface area contributed by atoms with Crippen LogP contribution in [0.4, 0.5) is 5.95 Å². The Balaban J connectivity index is 2.11. The molecule has 2 aromatic rings. The van der Waals surface area contributed by atoms with E-state index in [1.165, 1.54) is 6.07 Å². The molecule has 0 aliphatic heterocycles. The molecule has 3 N–H and O–H groups in total. The summed E-state index contributed by atoms with van der Waals surface area (Å²) in [7, 11) is 0. The number of hydrogen-bond donors (Lipinski definition) is 2. The summed E-state index contributed by atoms with van der Waals surface area (Å²) in [5, 5.41) is 1.05. The number of hydrogen-bond acceptors (Lipinski definition) is 3. The summed E-state index contributed by atoms with van der Waals surface area (Å²) in [5.74, 6) is 0.131. The van der Waals surface area contributed by atoms with Crippen LogP contribution in [0.2, 0.25) is 10.0 Å². The van der Waals surface area contributed by atoms with Gasteiger partial charge in [-0.25, -0.2) is 4.98 Å². The van der Waals surface area contributed by atoms with Crippen molar-refractivity contribution >= 4 is 29.2 Å². The van der Waals surface area contributed by atoms with Gasteiger partial charge in [0, 0.05) is 6.07 Å². The number of nitrogens with one attached hydrogen (secondary N) is 1. The molecule has 94 valence electrons.